The second-order valence-corrected chi connectivity index (χ2v) is 44.2. The molecule has 0 radical (unpaired) electrons. The van der Waals surface area contributed by atoms with Gasteiger partial charge in [-0.1, -0.05) is 81.5 Å². The van der Waals surface area contributed by atoms with Crippen molar-refractivity contribution < 1.29 is 89.5 Å². The monoisotopic (exact) mass is 1400 g/mol. The van der Waals surface area contributed by atoms with Crippen LogP contribution in [-0.2, 0) is 89.5 Å². The minimum atomic E-state index is -2.06. The van der Waals surface area contributed by atoms with Gasteiger partial charge in [-0.25, -0.2) is 0 Å². The molecule has 13 aliphatic rings. The third-order valence-corrected chi connectivity index (χ3v) is 34.3. The summed E-state index contributed by atoms with van der Waals surface area (Å²) in [5.74, 6) is -2.43. The summed E-state index contributed by atoms with van der Waals surface area (Å²) in [4.78, 5) is 28.2. The van der Waals surface area contributed by atoms with Crippen LogP contribution < -0.4 is 0 Å². The van der Waals surface area contributed by atoms with E-state index in [1.54, 1.807) is 13.2 Å². The van der Waals surface area contributed by atoms with Crippen molar-refractivity contribution in [3.05, 3.63) is 37.0 Å². The van der Waals surface area contributed by atoms with E-state index in [9.17, 15) is 9.59 Å². The Morgan fingerprint density at radius 3 is 2.21 bits per heavy atom. The summed E-state index contributed by atoms with van der Waals surface area (Å²) in [6, 6.07) is 0. The smallest absolute Gasteiger partial charge is 0.308 e. The number of hydrogen-bond acceptors (Lipinski definition) is 19. The van der Waals surface area contributed by atoms with Crippen LogP contribution in [0.25, 0.3) is 0 Å². The molecule has 550 valence electrons. The van der Waals surface area contributed by atoms with Gasteiger partial charge in [-0.3, -0.25) is 9.59 Å². The molecule has 26 atom stereocenters. The Labute approximate surface area is 582 Å². The van der Waals surface area contributed by atoms with E-state index in [1.165, 1.54) is 5.57 Å². The number of fused-ring (bicyclic) bond motifs is 3. The van der Waals surface area contributed by atoms with Crippen molar-refractivity contribution in [2.75, 3.05) is 26.9 Å². The van der Waals surface area contributed by atoms with Crippen LogP contribution in [0, 0.1) is 11.8 Å². The number of rotatable bonds is 27. The third-order valence-electron chi connectivity index (χ3n) is 25.3. The Bertz CT molecular complexity index is 2750. The lowest BCUT2D eigenvalue weighted by Crippen LogP contribution is -2.62. The fourth-order valence-corrected chi connectivity index (χ4v) is 20.3. The molecule has 21 heteroatoms. The molecule has 13 heterocycles. The van der Waals surface area contributed by atoms with Gasteiger partial charge in [0, 0.05) is 58.5 Å². The molecule has 0 amide bonds. The normalized spacial score (nSPS) is 43.1. The summed E-state index contributed by atoms with van der Waals surface area (Å²) in [5.41, 5.74) is 2.37. The Hall–Kier alpha value is -1.85. The van der Waals surface area contributed by atoms with Crippen LogP contribution >= 0.6 is 0 Å². The highest BCUT2D eigenvalue weighted by Gasteiger charge is 2.75. The van der Waals surface area contributed by atoms with Crippen LogP contribution in [0.3, 0.4) is 0 Å². The molecule has 0 aromatic carbocycles. The van der Waals surface area contributed by atoms with E-state index >= 15 is 0 Å². The molecule has 1 spiro atoms. The minimum Gasteiger partial charge on any atom is -0.460 e. The molecule has 13 saturated heterocycles. The summed E-state index contributed by atoms with van der Waals surface area (Å²) in [6.45, 7) is 43.6. The Kier molecular flexibility index (Phi) is 23.1. The molecule has 13 fully saturated rings. The summed E-state index contributed by atoms with van der Waals surface area (Å²) < 4.78 is 114. The van der Waals surface area contributed by atoms with E-state index in [0.717, 1.165) is 95.5 Å². The van der Waals surface area contributed by atoms with Gasteiger partial charge in [0.05, 0.1) is 124 Å². The van der Waals surface area contributed by atoms with Crippen molar-refractivity contribution in [3.8, 4) is 0 Å². The number of ether oxygens (including phenoxy) is 15. The van der Waals surface area contributed by atoms with Gasteiger partial charge in [0.2, 0.25) is 5.79 Å². The lowest BCUT2D eigenvalue weighted by Gasteiger charge is -2.48. The summed E-state index contributed by atoms with van der Waals surface area (Å²) in [7, 11) is -2.38. The number of Topliss-reactive ketones (excluding diaryl/α,β-unsaturated/α-hetero) is 1. The van der Waals surface area contributed by atoms with Crippen molar-refractivity contribution in [1.82, 2.24) is 0 Å². The van der Waals surface area contributed by atoms with Crippen molar-refractivity contribution in [1.29, 1.82) is 0 Å². The zero-order valence-electron chi connectivity index (χ0n) is 61.6. The van der Waals surface area contributed by atoms with E-state index in [-0.39, 0.29) is 140 Å². The van der Waals surface area contributed by atoms with E-state index in [4.69, 9.17) is 79.9 Å². The molecule has 13 aliphatic heterocycles. The number of ketones is 1. The Morgan fingerprint density at radius 2 is 1.45 bits per heavy atom. The fraction of sp³-hybridized carbons (Fsp3) is 0.895. The molecule has 0 aliphatic carbocycles. The predicted molar refractivity (Wildman–Crippen MR) is 370 cm³/mol. The summed E-state index contributed by atoms with van der Waals surface area (Å²) in [5, 5.41) is 0.199. The second kappa shape index (κ2) is 30.0. The number of esters is 1. The number of methoxy groups -OCH3 is 1. The van der Waals surface area contributed by atoms with Crippen molar-refractivity contribution in [3.63, 3.8) is 0 Å². The topological polar surface area (TPSA) is 191 Å². The molecule has 0 aromatic heterocycles. The largest absolute Gasteiger partial charge is 0.460 e. The molecule has 0 saturated carbocycles. The number of hydrogen-bond donors (Lipinski definition) is 0. The first-order valence-corrected chi connectivity index (χ1v) is 43.8. The van der Waals surface area contributed by atoms with Crippen LogP contribution in [0.2, 0.25) is 36.3 Å². The van der Waals surface area contributed by atoms with Gasteiger partial charge in [-0.05, 0) is 143 Å². The van der Waals surface area contributed by atoms with Gasteiger partial charge in [0.25, 0.3) is 0 Å². The first-order chi connectivity index (χ1) is 45.9. The van der Waals surface area contributed by atoms with Gasteiger partial charge >= 0.3 is 5.97 Å². The standard InChI is InChI=1S/C76H124O19Si2/c1-18-32-81-76-44-75(31-20-22-50-34-46(4)58(84-50)28-26-51-33-45(3)48(6)57(19-2)83-51)92-68-67-59(89-70(69(68)93-76)71(76)94-75)29-27-53(87-67)39-65(78)85-56-38-63-61(80-42-56)40-60(79-13)62(88-63)36-49(77)35-54-23-21-30-74(90-54)41-47(5)66-64(91-74)37-52(86-66)24-25-55(95-97(16,17)73(10,11)12)43-82-96(14,15)72(7,8)9/h18,45,47,50-64,66-71H,1,4,6,19-44H2,2-3,5,7-17H3/t45-,47+,50?,51+,52-,53?,54?,55-,56?,57?,58?,59?,60-,61+,62?,63?,64?,66?,67+,68?,69?,70?,71?,74-,75-,76-/m1/s1. The highest BCUT2D eigenvalue weighted by atomic mass is 28.4. The van der Waals surface area contributed by atoms with Crippen molar-refractivity contribution >= 4 is 28.4 Å². The molecule has 15 unspecified atom stereocenters. The van der Waals surface area contributed by atoms with Gasteiger partial charge in [-0.15, -0.1) is 6.58 Å². The van der Waals surface area contributed by atoms with Crippen molar-refractivity contribution in [2.24, 2.45) is 11.8 Å². The molecular weight excluding hydrogens is 1270 g/mol. The Morgan fingerprint density at radius 1 is 0.701 bits per heavy atom. The molecular formula is C76H124O19Si2. The lowest BCUT2D eigenvalue weighted by atomic mass is 9.84. The molecule has 19 nitrogen and oxygen atoms in total. The van der Waals surface area contributed by atoms with Gasteiger partial charge in [0.1, 0.15) is 42.4 Å². The SMILES string of the molecule is C=CCO[C@]12C[C@]3(CCCC4CC(=C)C(CC[C@H]5C[C@@H](C)C(=C)C(CC)O5)O4)OC4C(O1)C(OC1CCC(CC(=O)OC5CO[C@H]6C[C@@H](OC)C(CC(=O)CC7CCC[C@@]8(C[C@H](C)C9O[C@H](CC[C@H](CO[Si](C)(C)C(C)(C)C)O[Si](C)(C)C(C)(C)C)CC9O8)O7)OC6C5)O[C@@H]14)C2O3. The van der Waals surface area contributed by atoms with Crippen LogP contribution in [0.1, 0.15) is 210 Å². The summed E-state index contributed by atoms with van der Waals surface area (Å²) in [6.07, 6.45) is 12.5. The maximum Gasteiger partial charge on any atom is 0.308 e. The fourth-order valence-electron chi connectivity index (χ4n) is 17.9. The van der Waals surface area contributed by atoms with E-state index in [0.29, 0.717) is 51.0 Å². The predicted octanol–water partition coefficient (Wildman–Crippen LogP) is 13.6. The lowest BCUT2D eigenvalue weighted by molar-refractivity contribution is -0.331. The maximum absolute atomic E-state index is 14.2. The van der Waals surface area contributed by atoms with Gasteiger partial charge in [-0.2, -0.15) is 0 Å². The van der Waals surface area contributed by atoms with Crippen LogP contribution in [-0.4, -0.2) is 201 Å². The number of carbonyl (C=O) groups excluding carboxylic acids is 2. The minimum absolute atomic E-state index is 0.00261. The highest BCUT2D eigenvalue weighted by molar-refractivity contribution is 6.74. The van der Waals surface area contributed by atoms with E-state index < -0.39 is 82.8 Å². The molecule has 97 heavy (non-hydrogen) atoms. The molecule has 13 rings (SSSR count). The van der Waals surface area contributed by atoms with Gasteiger partial charge in [0.15, 0.2) is 28.2 Å². The zero-order valence-corrected chi connectivity index (χ0v) is 63.6. The summed E-state index contributed by atoms with van der Waals surface area (Å²) >= 11 is 0. The first kappa shape index (κ1) is 74.9. The van der Waals surface area contributed by atoms with Crippen LogP contribution in [0.5, 0.6) is 0 Å². The van der Waals surface area contributed by atoms with Crippen molar-refractivity contribution in [2.45, 2.75) is 392 Å². The average Bonchev–Trinajstić information content (AvgIpc) is 1.53. The van der Waals surface area contributed by atoms with Crippen LogP contribution in [0.15, 0.2) is 37.0 Å². The molecule has 0 aromatic rings. The second-order valence-electron chi connectivity index (χ2n) is 34.7. The highest BCUT2D eigenvalue weighted by Crippen LogP contribution is 2.60. The van der Waals surface area contributed by atoms with E-state index in [1.807, 2.05) is 0 Å². The van der Waals surface area contributed by atoms with E-state index in [2.05, 4.69) is 108 Å². The van der Waals surface area contributed by atoms with Crippen LogP contribution in [0.4, 0.5) is 0 Å². The zero-order chi connectivity index (χ0) is 69.2. The molecule has 0 N–H and O–H groups in total. The molecule has 6 bridgehead atoms. The quantitative estimate of drug-likeness (QED) is 0.0428. The third kappa shape index (κ3) is 16.5. The number of carbonyl (C=O) groups is 2. The Balaban J connectivity index is 0.600. The van der Waals surface area contributed by atoms with Gasteiger partial charge < -0.3 is 79.9 Å². The maximum atomic E-state index is 14.2. The first-order valence-electron chi connectivity index (χ1n) is 38.0. The average molecular weight is 1400 g/mol.